The largest absolute Gasteiger partial charge is 0.368 e. The summed E-state index contributed by atoms with van der Waals surface area (Å²) in [6.45, 7) is 4.54. The van der Waals surface area contributed by atoms with Gasteiger partial charge >= 0.3 is 0 Å². The number of nitrogens with zero attached hydrogens (tertiary/aromatic N) is 4. The Hall–Kier alpha value is -3.29. The molecule has 33 heavy (non-hydrogen) atoms. The number of hydrogen-bond acceptors (Lipinski definition) is 6. The predicted octanol–water partition coefficient (Wildman–Crippen LogP) is 4.28. The highest BCUT2D eigenvalue weighted by Gasteiger charge is 2.26. The molecule has 0 saturated carbocycles. The zero-order chi connectivity index (χ0) is 22.9. The van der Waals surface area contributed by atoms with Crippen molar-refractivity contribution in [3.63, 3.8) is 0 Å². The highest BCUT2D eigenvalue weighted by Crippen LogP contribution is 2.38. The van der Waals surface area contributed by atoms with Crippen molar-refractivity contribution < 1.29 is 4.79 Å². The van der Waals surface area contributed by atoms with Gasteiger partial charge in [0.05, 0.1) is 16.6 Å². The van der Waals surface area contributed by atoms with Gasteiger partial charge in [0.1, 0.15) is 0 Å². The normalized spacial score (nSPS) is 16.9. The van der Waals surface area contributed by atoms with Crippen LogP contribution in [0.15, 0.2) is 54.7 Å². The molecule has 7 heteroatoms. The number of amides is 1. The molecule has 1 aliphatic rings. The van der Waals surface area contributed by atoms with Crippen LogP contribution < -0.4 is 5.73 Å². The molecule has 0 radical (unpaired) electrons. The predicted molar refractivity (Wildman–Crippen MR) is 134 cm³/mol. The quantitative estimate of drug-likeness (QED) is 0.453. The molecule has 1 amide bonds. The molecule has 0 spiro atoms. The van der Waals surface area contributed by atoms with E-state index in [0.717, 1.165) is 43.0 Å². The molecule has 3 heterocycles. The fraction of sp³-hybridized carbons (Fsp3) is 0.269. The second-order valence-corrected chi connectivity index (χ2v) is 9.71. The summed E-state index contributed by atoms with van der Waals surface area (Å²) in [5, 5.41) is 1.25. The van der Waals surface area contributed by atoms with Crippen molar-refractivity contribution >= 4 is 33.8 Å². The fourth-order valence-corrected chi connectivity index (χ4v) is 5.85. The maximum atomic E-state index is 11.4. The van der Waals surface area contributed by atoms with Gasteiger partial charge in [0.15, 0.2) is 0 Å². The van der Waals surface area contributed by atoms with E-state index in [4.69, 9.17) is 5.73 Å². The van der Waals surface area contributed by atoms with Gasteiger partial charge in [0.2, 0.25) is 12.4 Å². The zero-order valence-corrected chi connectivity index (χ0v) is 19.7. The Balaban J connectivity index is 1.48. The summed E-state index contributed by atoms with van der Waals surface area (Å²) in [5.41, 5.74) is 11.8. The number of anilines is 1. The molecule has 2 N–H and O–H groups in total. The Bertz CT molecular complexity index is 1320. The van der Waals surface area contributed by atoms with E-state index in [1.165, 1.54) is 32.3 Å². The van der Waals surface area contributed by atoms with Gasteiger partial charge in [-0.3, -0.25) is 9.69 Å². The van der Waals surface area contributed by atoms with Crippen molar-refractivity contribution in [2.24, 2.45) is 0 Å². The maximum Gasteiger partial charge on any atom is 0.220 e. The molecule has 1 atom stereocenters. The van der Waals surface area contributed by atoms with Crippen LogP contribution in [0.2, 0.25) is 0 Å². The Kier molecular flexibility index (Phi) is 5.83. The highest BCUT2D eigenvalue weighted by atomic mass is 32.1. The maximum absolute atomic E-state index is 11.4. The van der Waals surface area contributed by atoms with Crippen LogP contribution in [0.5, 0.6) is 0 Å². The molecule has 0 aliphatic carbocycles. The van der Waals surface area contributed by atoms with Crippen LogP contribution in [-0.2, 0) is 11.2 Å². The van der Waals surface area contributed by atoms with E-state index in [2.05, 4.69) is 71.3 Å². The molecule has 1 saturated heterocycles. The van der Waals surface area contributed by atoms with E-state index in [-0.39, 0.29) is 6.04 Å². The molecular weight excluding hydrogens is 430 g/mol. The lowest BCUT2D eigenvalue weighted by molar-refractivity contribution is -0.120. The first-order valence-corrected chi connectivity index (χ1v) is 11.9. The van der Waals surface area contributed by atoms with Gasteiger partial charge in [0.25, 0.3) is 0 Å². The Morgan fingerprint density at radius 2 is 2.03 bits per heavy atom. The Labute approximate surface area is 197 Å². The average molecular weight is 458 g/mol. The van der Waals surface area contributed by atoms with E-state index in [1.807, 2.05) is 11.0 Å². The second-order valence-electron chi connectivity index (χ2n) is 8.66. The first-order valence-electron chi connectivity index (χ1n) is 11.1. The first kappa shape index (κ1) is 21.6. The number of thiophene rings is 1. The standard InChI is InChI=1S/C26H27N5OS/c1-17-21-14-18(7-8-24(21)33-25(17)22-9-10-28-26(27)29-22)13-19-5-3-4-6-20(19)23-15-31(16-32)12-11-30(23)2/h3-10,14,16,23H,11-13,15H2,1-2H3,(H2,27,28,29). The van der Waals surface area contributed by atoms with Gasteiger partial charge in [-0.2, -0.15) is 0 Å². The van der Waals surface area contributed by atoms with Crippen LogP contribution in [0.4, 0.5) is 5.95 Å². The molecule has 4 aromatic rings. The number of nitrogens with two attached hydrogens (primary N) is 1. The topological polar surface area (TPSA) is 75.3 Å². The van der Waals surface area contributed by atoms with Gasteiger partial charge in [-0.15, -0.1) is 11.3 Å². The monoisotopic (exact) mass is 457 g/mol. The fourth-order valence-electron chi connectivity index (χ4n) is 4.69. The number of benzene rings is 2. The minimum absolute atomic E-state index is 0.210. The van der Waals surface area contributed by atoms with Crippen LogP contribution in [0.25, 0.3) is 20.7 Å². The lowest BCUT2D eigenvalue weighted by atomic mass is 9.93. The van der Waals surface area contributed by atoms with Gasteiger partial charge < -0.3 is 10.6 Å². The molecule has 0 bridgehead atoms. The number of hydrogen-bond donors (Lipinski definition) is 1. The second kappa shape index (κ2) is 8.92. The SMILES string of the molecule is Cc1c(-c2ccnc(N)n2)sc2ccc(Cc3ccccc3C3CN(C=O)CCN3C)cc12. The number of piperazine rings is 1. The van der Waals surface area contributed by atoms with Crippen molar-refractivity contribution in [1.82, 2.24) is 19.8 Å². The van der Waals surface area contributed by atoms with Crippen molar-refractivity contribution in [2.45, 2.75) is 19.4 Å². The molecule has 5 rings (SSSR count). The summed E-state index contributed by atoms with van der Waals surface area (Å²) in [6.07, 6.45) is 3.53. The minimum Gasteiger partial charge on any atom is -0.368 e. The smallest absolute Gasteiger partial charge is 0.220 e. The van der Waals surface area contributed by atoms with Gasteiger partial charge in [-0.1, -0.05) is 30.3 Å². The Morgan fingerprint density at radius 3 is 2.85 bits per heavy atom. The van der Waals surface area contributed by atoms with Gasteiger partial charge in [-0.05, 0) is 66.2 Å². The summed E-state index contributed by atoms with van der Waals surface area (Å²) in [7, 11) is 2.14. The molecule has 6 nitrogen and oxygen atoms in total. The summed E-state index contributed by atoms with van der Waals surface area (Å²) in [5.74, 6) is 0.294. The minimum atomic E-state index is 0.210. The average Bonchev–Trinajstić information content (AvgIpc) is 3.16. The summed E-state index contributed by atoms with van der Waals surface area (Å²) in [6, 6.07) is 17.5. The molecule has 1 fully saturated rings. The van der Waals surface area contributed by atoms with Crippen LogP contribution in [0.1, 0.15) is 28.3 Å². The number of fused-ring (bicyclic) bond motifs is 1. The van der Waals surface area contributed by atoms with Crippen molar-refractivity contribution in [2.75, 3.05) is 32.4 Å². The zero-order valence-electron chi connectivity index (χ0n) is 18.9. The number of carbonyl (C=O) groups excluding carboxylic acids is 1. The number of rotatable bonds is 5. The molecule has 168 valence electrons. The highest BCUT2D eigenvalue weighted by molar-refractivity contribution is 7.22. The number of nitrogen functional groups attached to an aromatic ring is 1. The third-order valence-corrected chi connectivity index (χ3v) is 7.84. The van der Waals surface area contributed by atoms with Gasteiger partial charge in [0, 0.05) is 30.5 Å². The number of aryl methyl sites for hydroxylation is 1. The molecular formula is C26H27N5OS. The van der Waals surface area contributed by atoms with E-state index in [9.17, 15) is 4.79 Å². The molecule has 2 aromatic carbocycles. The summed E-state index contributed by atoms with van der Waals surface area (Å²) >= 11 is 1.74. The van der Waals surface area contributed by atoms with Crippen LogP contribution >= 0.6 is 11.3 Å². The summed E-state index contributed by atoms with van der Waals surface area (Å²) in [4.78, 5) is 25.2. The van der Waals surface area contributed by atoms with E-state index >= 15 is 0 Å². The van der Waals surface area contributed by atoms with Gasteiger partial charge in [-0.25, -0.2) is 9.97 Å². The van der Waals surface area contributed by atoms with Crippen molar-refractivity contribution in [1.29, 1.82) is 0 Å². The number of aromatic nitrogens is 2. The Morgan fingerprint density at radius 1 is 1.18 bits per heavy atom. The third kappa shape index (κ3) is 4.21. The molecule has 2 aromatic heterocycles. The summed E-state index contributed by atoms with van der Waals surface area (Å²) < 4.78 is 1.24. The van der Waals surface area contributed by atoms with E-state index in [0.29, 0.717) is 5.95 Å². The van der Waals surface area contributed by atoms with Crippen LogP contribution in [-0.4, -0.2) is 52.9 Å². The van der Waals surface area contributed by atoms with Crippen molar-refractivity contribution in [3.8, 4) is 10.6 Å². The molecule has 1 unspecified atom stereocenters. The molecule has 1 aliphatic heterocycles. The van der Waals surface area contributed by atoms with E-state index in [1.54, 1.807) is 17.5 Å². The van der Waals surface area contributed by atoms with Crippen LogP contribution in [0.3, 0.4) is 0 Å². The van der Waals surface area contributed by atoms with Crippen LogP contribution in [0, 0.1) is 6.92 Å². The lowest BCUT2D eigenvalue weighted by Gasteiger charge is -2.38. The van der Waals surface area contributed by atoms with E-state index < -0.39 is 0 Å². The number of likely N-dealkylation sites (N-methyl/N-ethyl adjacent to an activating group) is 1. The van der Waals surface area contributed by atoms with Crippen molar-refractivity contribution in [3.05, 3.63) is 77.0 Å². The lowest BCUT2D eigenvalue weighted by Crippen LogP contribution is -2.46. The third-order valence-electron chi connectivity index (χ3n) is 6.54. The number of carbonyl (C=O) groups is 1. The first-order chi connectivity index (χ1) is 16.0.